The lowest BCUT2D eigenvalue weighted by molar-refractivity contribution is 0.368. The van der Waals surface area contributed by atoms with Gasteiger partial charge in [-0.2, -0.15) is 5.10 Å². The molecule has 15 heavy (non-hydrogen) atoms. The topological polar surface area (TPSA) is 56.2 Å². The second-order valence-electron chi connectivity index (χ2n) is 4.58. The average molecular weight is 204 g/mol. The van der Waals surface area contributed by atoms with E-state index in [-0.39, 0.29) is 5.41 Å². The maximum absolute atomic E-state index is 5.69. The van der Waals surface area contributed by atoms with Crippen LogP contribution in [0.4, 0.5) is 0 Å². The minimum atomic E-state index is 0.0605. The summed E-state index contributed by atoms with van der Waals surface area (Å²) in [6, 6.07) is 5.85. The van der Waals surface area contributed by atoms with E-state index < -0.39 is 0 Å². The van der Waals surface area contributed by atoms with Crippen LogP contribution in [-0.2, 0) is 6.42 Å². The minimum Gasteiger partial charge on any atom is -0.330 e. The Hall–Kier alpha value is -1.42. The zero-order valence-corrected chi connectivity index (χ0v) is 9.14. The third-order valence-electron chi connectivity index (χ3n) is 2.47. The van der Waals surface area contributed by atoms with Gasteiger partial charge in [0.15, 0.2) is 11.5 Å². The van der Waals surface area contributed by atoms with Crippen LogP contribution in [0, 0.1) is 5.41 Å². The predicted molar refractivity (Wildman–Crippen MR) is 59.5 cm³/mol. The molecule has 0 amide bonds. The number of pyridine rings is 1. The van der Waals surface area contributed by atoms with Gasteiger partial charge in [-0.1, -0.05) is 19.9 Å². The molecule has 0 aliphatic heterocycles. The molecule has 0 saturated carbocycles. The summed E-state index contributed by atoms with van der Waals surface area (Å²) < 4.78 is 1.79. The van der Waals surface area contributed by atoms with Gasteiger partial charge in [-0.05, 0) is 24.1 Å². The van der Waals surface area contributed by atoms with Crippen molar-refractivity contribution in [2.24, 2.45) is 11.1 Å². The third-order valence-corrected chi connectivity index (χ3v) is 2.47. The molecule has 2 rings (SSSR count). The summed E-state index contributed by atoms with van der Waals surface area (Å²) in [5.41, 5.74) is 6.64. The molecule has 0 bridgehead atoms. The maximum Gasteiger partial charge on any atom is 0.155 e. The van der Waals surface area contributed by atoms with Crippen molar-refractivity contribution >= 4 is 5.65 Å². The fourth-order valence-electron chi connectivity index (χ4n) is 1.45. The lowest BCUT2D eigenvalue weighted by atomic mass is 9.89. The average Bonchev–Trinajstić information content (AvgIpc) is 2.58. The van der Waals surface area contributed by atoms with E-state index in [0.717, 1.165) is 17.9 Å². The summed E-state index contributed by atoms with van der Waals surface area (Å²) in [4.78, 5) is 4.44. The van der Waals surface area contributed by atoms with Gasteiger partial charge in [0.05, 0.1) is 0 Å². The normalized spacial score (nSPS) is 12.2. The molecule has 0 atom stereocenters. The molecule has 2 aromatic heterocycles. The van der Waals surface area contributed by atoms with Gasteiger partial charge in [0.1, 0.15) is 0 Å². The highest BCUT2D eigenvalue weighted by Crippen LogP contribution is 2.18. The lowest BCUT2D eigenvalue weighted by Gasteiger charge is -2.19. The van der Waals surface area contributed by atoms with Crippen molar-refractivity contribution in [2.75, 3.05) is 6.54 Å². The van der Waals surface area contributed by atoms with E-state index in [9.17, 15) is 0 Å². The van der Waals surface area contributed by atoms with Gasteiger partial charge in [-0.15, -0.1) is 0 Å². The Labute approximate surface area is 89.1 Å². The van der Waals surface area contributed by atoms with Crippen LogP contribution in [0.25, 0.3) is 5.65 Å². The first-order valence-corrected chi connectivity index (χ1v) is 5.11. The van der Waals surface area contributed by atoms with Crippen LogP contribution < -0.4 is 5.73 Å². The Bertz CT molecular complexity index is 425. The van der Waals surface area contributed by atoms with E-state index in [1.807, 2.05) is 24.4 Å². The Balaban J connectivity index is 2.30. The second-order valence-corrected chi connectivity index (χ2v) is 4.58. The third kappa shape index (κ3) is 2.15. The Morgan fingerprint density at radius 3 is 2.87 bits per heavy atom. The molecular formula is C11H16N4. The van der Waals surface area contributed by atoms with Gasteiger partial charge >= 0.3 is 0 Å². The van der Waals surface area contributed by atoms with E-state index in [2.05, 4.69) is 23.9 Å². The zero-order valence-electron chi connectivity index (χ0n) is 9.14. The van der Waals surface area contributed by atoms with Gasteiger partial charge in [-0.25, -0.2) is 9.50 Å². The number of nitrogens with zero attached hydrogens (tertiary/aromatic N) is 3. The van der Waals surface area contributed by atoms with E-state index in [0.29, 0.717) is 6.54 Å². The highest BCUT2D eigenvalue weighted by molar-refractivity contribution is 5.36. The first kappa shape index (κ1) is 10.1. The molecule has 0 radical (unpaired) electrons. The van der Waals surface area contributed by atoms with Gasteiger partial charge in [0.25, 0.3) is 0 Å². The fraction of sp³-hybridized carbons (Fsp3) is 0.455. The van der Waals surface area contributed by atoms with Crippen molar-refractivity contribution in [1.82, 2.24) is 14.6 Å². The molecule has 2 heterocycles. The summed E-state index contributed by atoms with van der Waals surface area (Å²) in [7, 11) is 0. The Morgan fingerprint density at radius 2 is 2.20 bits per heavy atom. The minimum absolute atomic E-state index is 0.0605. The van der Waals surface area contributed by atoms with E-state index in [1.165, 1.54) is 0 Å². The molecule has 0 aliphatic carbocycles. The number of hydrogen-bond donors (Lipinski definition) is 1. The van der Waals surface area contributed by atoms with Crippen LogP contribution in [0.5, 0.6) is 0 Å². The van der Waals surface area contributed by atoms with Crippen molar-refractivity contribution in [3.63, 3.8) is 0 Å². The molecule has 2 aromatic rings. The molecule has 2 N–H and O–H groups in total. The molecule has 4 heteroatoms. The van der Waals surface area contributed by atoms with Crippen molar-refractivity contribution < 1.29 is 0 Å². The van der Waals surface area contributed by atoms with Crippen LogP contribution in [0.1, 0.15) is 19.7 Å². The van der Waals surface area contributed by atoms with Crippen LogP contribution in [0.3, 0.4) is 0 Å². The molecular weight excluding hydrogens is 188 g/mol. The van der Waals surface area contributed by atoms with Gasteiger partial charge < -0.3 is 5.73 Å². The summed E-state index contributed by atoms with van der Waals surface area (Å²) >= 11 is 0. The van der Waals surface area contributed by atoms with Crippen molar-refractivity contribution in [1.29, 1.82) is 0 Å². The summed E-state index contributed by atoms with van der Waals surface area (Å²) in [6.45, 7) is 4.89. The largest absolute Gasteiger partial charge is 0.330 e. The van der Waals surface area contributed by atoms with Crippen molar-refractivity contribution in [3.05, 3.63) is 30.2 Å². The van der Waals surface area contributed by atoms with Crippen LogP contribution in [-0.4, -0.2) is 21.1 Å². The molecule has 4 nitrogen and oxygen atoms in total. The van der Waals surface area contributed by atoms with Crippen LogP contribution >= 0.6 is 0 Å². The number of rotatable bonds is 3. The van der Waals surface area contributed by atoms with E-state index in [1.54, 1.807) is 4.52 Å². The smallest absolute Gasteiger partial charge is 0.155 e. The monoisotopic (exact) mass is 204 g/mol. The first-order valence-electron chi connectivity index (χ1n) is 5.11. The molecule has 0 fully saturated rings. The number of aromatic nitrogens is 3. The molecule has 0 saturated heterocycles. The second kappa shape index (κ2) is 3.62. The maximum atomic E-state index is 5.69. The zero-order chi connectivity index (χ0) is 10.9. The summed E-state index contributed by atoms with van der Waals surface area (Å²) in [6.07, 6.45) is 2.71. The van der Waals surface area contributed by atoms with Crippen LogP contribution in [0.15, 0.2) is 24.4 Å². The quantitative estimate of drug-likeness (QED) is 0.818. The number of hydrogen-bond acceptors (Lipinski definition) is 3. The number of fused-ring (bicyclic) bond motifs is 1. The molecule has 0 spiro atoms. The van der Waals surface area contributed by atoms with Crippen molar-refractivity contribution in [3.8, 4) is 0 Å². The molecule has 80 valence electrons. The van der Waals surface area contributed by atoms with Gasteiger partial charge in [0.2, 0.25) is 0 Å². The van der Waals surface area contributed by atoms with Crippen LogP contribution in [0.2, 0.25) is 0 Å². The molecule has 0 aliphatic rings. The van der Waals surface area contributed by atoms with E-state index >= 15 is 0 Å². The Morgan fingerprint density at radius 1 is 1.40 bits per heavy atom. The highest BCUT2D eigenvalue weighted by atomic mass is 15.3. The highest BCUT2D eigenvalue weighted by Gasteiger charge is 2.19. The fourth-order valence-corrected chi connectivity index (χ4v) is 1.45. The Kier molecular flexibility index (Phi) is 2.44. The summed E-state index contributed by atoms with van der Waals surface area (Å²) in [5.74, 6) is 0.858. The number of nitrogens with two attached hydrogens (primary N) is 1. The van der Waals surface area contributed by atoms with Gasteiger partial charge in [0, 0.05) is 12.6 Å². The lowest BCUT2D eigenvalue weighted by Crippen LogP contribution is -2.26. The van der Waals surface area contributed by atoms with Crippen molar-refractivity contribution in [2.45, 2.75) is 20.3 Å². The first-order chi connectivity index (χ1) is 7.11. The predicted octanol–water partition coefficient (Wildman–Crippen LogP) is 1.26. The molecule has 0 aromatic carbocycles. The van der Waals surface area contributed by atoms with E-state index in [4.69, 9.17) is 5.73 Å². The van der Waals surface area contributed by atoms with Gasteiger partial charge in [-0.3, -0.25) is 0 Å². The SMILES string of the molecule is CC(C)(CN)Cc1nc2ccccn2n1. The molecule has 0 unspecified atom stereocenters. The summed E-state index contributed by atoms with van der Waals surface area (Å²) in [5, 5.41) is 4.40. The standard InChI is InChI=1S/C11H16N4/c1-11(2,8-12)7-9-13-10-5-3-4-6-15(10)14-9/h3-6H,7-8,12H2,1-2H3.